The van der Waals surface area contributed by atoms with E-state index in [1.165, 1.54) is 6.07 Å². The van der Waals surface area contributed by atoms with Crippen LogP contribution in [0.5, 0.6) is 5.75 Å². The van der Waals surface area contributed by atoms with Gasteiger partial charge in [0.15, 0.2) is 0 Å². The smallest absolute Gasteiger partial charge is 0.272 e. The molecule has 6 nitrogen and oxygen atoms in total. The molecular formula is C18H22N2O4S. The van der Waals surface area contributed by atoms with Crippen LogP contribution in [-0.2, 0) is 9.73 Å². The van der Waals surface area contributed by atoms with Gasteiger partial charge in [-0.3, -0.25) is 10.1 Å². The third-order valence-electron chi connectivity index (χ3n) is 3.96. The van der Waals surface area contributed by atoms with Crippen molar-refractivity contribution in [3.63, 3.8) is 0 Å². The predicted octanol–water partition coefficient (Wildman–Crippen LogP) is 4.79. The van der Waals surface area contributed by atoms with Crippen LogP contribution in [0, 0.1) is 24.0 Å². The Morgan fingerprint density at radius 3 is 2.40 bits per heavy atom. The van der Waals surface area contributed by atoms with Gasteiger partial charge >= 0.3 is 0 Å². The Hall–Kier alpha value is -2.41. The first-order chi connectivity index (χ1) is 11.7. The standard InChI is InChI=1S/C18H22N2O4S/c1-12(2)25(23,16-8-6-7-15(11-16)24-5)19-17-9-14(4)18(20(21)22)10-13(17)3/h6-12H,1-5H3. The van der Waals surface area contributed by atoms with Crippen molar-refractivity contribution >= 4 is 21.1 Å². The molecule has 0 aliphatic rings. The van der Waals surface area contributed by atoms with Crippen LogP contribution < -0.4 is 4.74 Å². The number of ether oxygens (including phenoxy) is 1. The second kappa shape index (κ2) is 7.23. The molecule has 2 aromatic rings. The maximum Gasteiger partial charge on any atom is 0.272 e. The first-order valence-corrected chi connectivity index (χ1v) is 9.42. The van der Waals surface area contributed by atoms with Gasteiger partial charge in [0.05, 0.1) is 32.3 Å². The van der Waals surface area contributed by atoms with Crippen LogP contribution in [0.1, 0.15) is 25.0 Å². The number of nitro groups is 1. The Morgan fingerprint density at radius 2 is 1.84 bits per heavy atom. The van der Waals surface area contributed by atoms with Gasteiger partial charge in [-0.2, -0.15) is 4.36 Å². The SMILES string of the molecule is COc1cccc(S(=O)(=Nc2cc(C)c([N+](=O)[O-])cc2C)C(C)C)c1. The highest BCUT2D eigenvalue weighted by molar-refractivity contribution is 7.94. The summed E-state index contributed by atoms with van der Waals surface area (Å²) >= 11 is 0. The Kier molecular flexibility index (Phi) is 5.47. The van der Waals surface area contributed by atoms with Crippen molar-refractivity contribution in [1.29, 1.82) is 0 Å². The molecule has 0 radical (unpaired) electrons. The van der Waals surface area contributed by atoms with E-state index in [0.29, 0.717) is 27.5 Å². The number of nitro benzene ring substituents is 1. The van der Waals surface area contributed by atoms with Gasteiger partial charge in [-0.15, -0.1) is 0 Å². The molecule has 0 saturated heterocycles. The second-order valence-corrected chi connectivity index (χ2v) is 8.80. The number of benzene rings is 2. The number of methoxy groups -OCH3 is 1. The molecule has 25 heavy (non-hydrogen) atoms. The van der Waals surface area contributed by atoms with Crippen molar-refractivity contribution in [2.75, 3.05) is 7.11 Å². The van der Waals surface area contributed by atoms with Gasteiger partial charge in [0.25, 0.3) is 5.69 Å². The van der Waals surface area contributed by atoms with E-state index in [1.54, 1.807) is 51.3 Å². The molecule has 0 heterocycles. The van der Waals surface area contributed by atoms with E-state index < -0.39 is 14.7 Å². The van der Waals surface area contributed by atoms with E-state index in [2.05, 4.69) is 4.36 Å². The maximum absolute atomic E-state index is 13.7. The van der Waals surface area contributed by atoms with E-state index in [1.807, 2.05) is 13.8 Å². The minimum atomic E-state index is -2.77. The fourth-order valence-corrected chi connectivity index (χ4v) is 4.35. The van der Waals surface area contributed by atoms with Crippen LogP contribution in [0.15, 0.2) is 45.7 Å². The molecule has 0 aliphatic heterocycles. The molecule has 0 amide bonds. The third kappa shape index (κ3) is 3.82. The highest BCUT2D eigenvalue weighted by Crippen LogP contribution is 2.32. The van der Waals surface area contributed by atoms with Gasteiger partial charge in [-0.1, -0.05) is 6.07 Å². The average molecular weight is 362 g/mol. The van der Waals surface area contributed by atoms with Crippen LogP contribution in [0.3, 0.4) is 0 Å². The highest BCUT2D eigenvalue weighted by atomic mass is 32.2. The molecule has 0 aromatic heterocycles. The molecule has 0 spiro atoms. The summed E-state index contributed by atoms with van der Waals surface area (Å²) < 4.78 is 23.4. The van der Waals surface area contributed by atoms with Crippen LogP contribution in [0.2, 0.25) is 0 Å². The fourth-order valence-electron chi connectivity index (χ4n) is 2.44. The molecule has 0 aliphatic carbocycles. The quantitative estimate of drug-likeness (QED) is 0.566. The fraction of sp³-hybridized carbons (Fsp3) is 0.333. The molecule has 0 bridgehead atoms. The average Bonchev–Trinajstić information content (AvgIpc) is 2.57. The zero-order chi connectivity index (χ0) is 18.8. The van der Waals surface area contributed by atoms with E-state index in [0.717, 1.165) is 0 Å². The topological polar surface area (TPSA) is 81.8 Å². The predicted molar refractivity (Wildman–Crippen MR) is 99.2 cm³/mol. The molecule has 7 heteroatoms. The molecule has 1 unspecified atom stereocenters. The number of hydrogen-bond donors (Lipinski definition) is 0. The lowest BCUT2D eigenvalue weighted by Gasteiger charge is -2.16. The third-order valence-corrected chi connectivity index (χ3v) is 6.64. The normalized spacial score (nSPS) is 13.4. The molecule has 2 aromatic carbocycles. The zero-order valence-electron chi connectivity index (χ0n) is 15.0. The molecular weight excluding hydrogens is 340 g/mol. The Balaban J connectivity index is 2.71. The summed E-state index contributed by atoms with van der Waals surface area (Å²) in [6, 6.07) is 10.1. The largest absolute Gasteiger partial charge is 0.497 e. The Bertz CT molecular complexity index is 929. The van der Waals surface area contributed by atoms with Gasteiger partial charge in [0.2, 0.25) is 0 Å². The number of rotatable bonds is 5. The molecule has 0 saturated carbocycles. The Morgan fingerprint density at radius 1 is 1.16 bits per heavy atom. The zero-order valence-corrected chi connectivity index (χ0v) is 15.8. The summed E-state index contributed by atoms with van der Waals surface area (Å²) in [7, 11) is -1.21. The van der Waals surface area contributed by atoms with E-state index in [-0.39, 0.29) is 10.9 Å². The summed E-state index contributed by atoms with van der Waals surface area (Å²) in [5.74, 6) is 0.609. The van der Waals surface area contributed by atoms with Crippen LogP contribution in [-0.4, -0.2) is 21.5 Å². The van der Waals surface area contributed by atoms with Crippen molar-refractivity contribution < 1.29 is 13.9 Å². The van der Waals surface area contributed by atoms with Gasteiger partial charge in [0, 0.05) is 16.9 Å². The molecule has 2 rings (SSSR count). The molecule has 0 fully saturated rings. The van der Waals surface area contributed by atoms with E-state index >= 15 is 0 Å². The van der Waals surface area contributed by atoms with Crippen LogP contribution >= 0.6 is 0 Å². The first-order valence-electron chi connectivity index (χ1n) is 7.84. The van der Waals surface area contributed by atoms with Crippen molar-refractivity contribution in [3.05, 3.63) is 57.6 Å². The summed E-state index contributed by atoms with van der Waals surface area (Å²) in [5, 5.41) is 10.8. The van der Waals surface area contributed by atoms with E-state index in [4.69, 9.17) is 4.74 Å². The summed E-state index contributed by atoms with van der Waals surface area (Å²) in [5.41, 5.74) is 1.65. The van der Waals surface area contributed by atoms with Crippen molar-refractivity contribution in [3.8, 4) is 5.75 Å². The summed E-state index contributed by atoms with van der Waals surface area (Å²) in [4.78, 5) is 11.2. The molecule has 0 N–H and O–H groups in total. The maximum atomic E-state index is 13.7. The first kappa shape index (κ1) is 18.9. The number of nitrogens with zero attached hydrogens (tertiary/aromatic N) is 2. The minimum absolute atomic E-state index is 0.0360. The number of aryl methyl sites for hydroxylation is 2. The summed E-state index contributed by atoms with van der Waals surface area (Å²) in [6.07, 6.45) is 0. The van der Waals surface area contributed by atoms with Crippen LogP contribution in [0.25, 0.3) is 0 Å². The van der Waals surface area contributed by atoms with Crippen molar-refractivity contribution in [1.82, 2.24) is 0 Å². The Labute approximate surface area is 148 Å². The lowest BCUT2D eigenvalue weighted by atomic mass is 10.1. The number of hydrogen-bond acceptors (Lipinski definition) is 5. The van der Waals surface area contributed by atoms with Crippen molar-refractivity contribution in [2.24, 2.45) is 4.36 Å². The lowest BCUT2D eigenvalue weighted by molar-refractivity contribution is -0.385. The molecule has 134 valence electrons. The van der Waals surface area contributed by atoms with Crippen LogP contribution in [0.4, 0.5) is 11.4 Å². The minimum Gasteiger partial charge on any atom is -0.497 e. The van der Waals surface area contributed by atoms with Gasteiger partial charge in [0.1, 0.15) is 5.75 Å². The van der Waals surface area contributed by atoms with Gasteiger partial charge in [-0.05, 0) is 57.5 Å². The van der Waals surface area contributed by atoms with Crippen molar-refractivity contribution in [2.45, 2.75) is 37.8 Å². The van der Waals surface area contributed by atoms with E-state index in [9.17, 15) is 14.3 Å². The highest BCUT2D eigenvalue weighted by Gasteiger charge is 2.20. The lowest BCUT2D eigenvalue weighted by Crippen LogP contribution is -2.14. The monoisotopic (exact) mass is 362 g/mol. The van der Waals surface area contributed by atoms with Gasteiger partial charge in [-0.25, -0.2) is 4.21 Å². The second-order valence-electron chi connectivity index (χ2n) is 6.07. The van der Waals surface area contributed by atoms with Gasteiger partial charge < -0.3 is 4.74 Å². The summed E-state index contributed by atoms with van der Waals surface area (Å²) in [6.45, 7) is 7.08. The molecule has 1 atom stereocenters.